The van der Waals surface area contributed by atoms with E-state index in [2.05, 4.69) is 5.32 Å². The van der Waals surface area contributed by atoms with Crippen LogP contribution in [0.5, 0.6) is 11.5 Å². The summed E-state index contributed by atoms with van der Waals surface area (Å²) < 4.78 is 53.5. The third-order valence-electron chi connectivity index (χ3n) is 6.49. The van der Waals surface area contributed by atoms with Gasteiger partial charge in [-0.3, -0.25) is 13.9 Å². The Balaban J connectivity index is 2.07. The average molecular weight is 614 g/mol. The molecule has 1 N–H and O–H groups in total. The molecule has 3 aromatic carbocycles. The summed E-state index contributed by atoms with van der Waals surface area (Å²) in [5.74, 6) is -0.473. The van der Waals surface area contributed by atoms with Crippen LogP contribution in [0.1, 0.15) is 46.6 Å². The van der Waals surface area contributed by atoms with Crippen LogP contribution < -0.4 is 19.1 Å². The number of nitrogens with one attached hydrogen (secondary N) is 1. The largest absolute Gasteiger partial charge is 0.497 e. The molecule has 11 heteroatoms. The Morgan fingerprint density at radius 1 is 0.953 bits per heavy atom. The van der Waals surface area contributed by atoms with Crippen molar-refractivity contribution in [2.24, 2.45) is 0 Å². The molecular weight excluding hydrogens is 573 g/mol. The van der Waals surface area contributed by atoms with E-state index >= 15 is 0 Å². The fourth-order valence-electron chi connectivity index (χ4n) is 4.48. The summed E-state index contributed by atoms with van der Waals surface area (Å²) in [6.07, 6.45) is 0.278. The van der Waals surface area contributed by atoms with Crippen LogP contribution in [0, 0.1) is 5.82 Å². The zero-order valence-electron chi connectivity index (χ0n) is 25.5. The number of carbonyl (C=O) groups excluding carboxylic acids is 2. The van der Waals surface area contributed by atoms with E-state index in [-0.39, 0.29) is 29.5 Å². The van der Waals surface area contributed by atoms with Crippen molar-refractivity contribution in [1.29, 1.82) is 0 Å². The minimum atomic E-state index is -4.30. The normalized spacial score (nSPS) is 12.3. The molecular formula is C32H40FN3O6S. The van der Waals surface area contributed by atoms with Gasteiger partial charge in [0.2, 0.25) is 11.8 Å². The fourth-order valence-corrected chi connectivity index (χ4v) is 5.89. The molecule has 1 unspecified atom stereocenters. The summed E-state index contributed by atoms with van der Waals surface area (Å²) >= 11 is 0. The number of carbonyl (C=O) groups is 2. The van der Waals surface area contributed by atoms with Crippen molar-refractivity contribution in [3.05, 3.63) is 84.2 Å². The number of sulfonamides is 1. The van der Waals surface area contributed by atoms with E-state index in [1.165, 1.54) is 48.4 Å². The maximum atomic E-state index is 14.2. The second-order valence-corrected chi connectivity index (χ2v) is 12.8. The predicted octanol–water partition coefficient (Wildman–Crippen LogP) is 5.15. The summed E-state index contributed by atoms with van der Waals surface area (Å²) in [4.78, 5) is 28.9. The molecule has 3 rings (SSSR count). The number of hydrogen-bond donors (Lipinski definition) is 1. The predicted molar refractivity (Wildman–Crippen MR) is 164 cm³/mol. The van der Waals surface area contributed by atoms with E-state index in [9.17, 15) is 22.4 Å². The van der Waals surface area contributed by atoms with Gasteiger partial charge in [0.25, 0.3) is 10.0 Å². The van der Waals surface area contributed by atoms with Crippen molar-refractivity contribution in [1.82, 2.24) is 10.2 Å². The minimum absolute atomic E-state index is 0.0203. The summed E-state index contributed by atoms with van der Waals surface area (Å²) in [6, 6.07) is 16.9. The van der Waals surface area contributed by atoms with E-state index in [4.69, 9.17) is 9.47 Å². The molecule has 2 amide bonds. The minimum Gasteiger partial charge on any atom is -0.497 e. The lowest BCUT2D eigenvalue weighted by Crippen LogP contribution is -2.55. The van der Waals surface area contributed by atoms with Crippen molar-refractivity contribution < 1.29 is 31.9 Å². The van der Waals surface area contributed by atoms with E-state index < -0.39 is 39.9 Å². The van der Waals surface area contributed by atoms with Gasteiger partial charge in [-0.05, 0) is 100 Å². The van der Waals surface area contributed by atoms with Gasteiger partial charge < -0.3 is 19.7 Å². The second kappa shape index (κ2) is 14.4. The standard InChI is InChI=1S/C32H40FN3O6S/c1-7-29(31(38)34-32(3,4)5)35(21-23-10-9-11-27(20-23)41-6)30(37)22-36(25-14-12-24(33)13-15-25)43(39,40)28-18-16-26(17-19-28)42-8-2/h9-20,29H,7-8,21-22H2,1-6H3,(H,34,38). The molecule has 0 heterocycles. The van der Waals surface area contributed by atoms with Crippen LogP contribution in [-0.4, -0.2) is 57.0 Å². The van der Waals surface area contributed by atoms with E-state index in [0.717, 1.165) is 16.4 Å². The third kappa shape index (κ3) is 8.93. The fraction of sp³-hybridized carbons (Fsp3) is 0.375. The van der Waals surface area contributed by atoms with Crippen molar-refractivity contribution in [3.63, 3.8) is 0 Å². The Morgan fingerprint density at radius 2 is 1.60 bits per heavy atom. The topological polar surface area (TPSA) is 105 Å². The first-order valence-corrected chi connectivity index (χ1v) is 15.5. The number of methoxy groups -OCH3 is 1. The van der Waals surface area contributed by atoms with Crippen molar-refractivity contribution >= 4 is 27.5 Å². The smallest absolute Gasteiger partial charge is 0.264 e. The Kier molecular flexibility index (Phi) is 11.2. The molecule has 0 saturated carbocycles. The highest BCUT2D eigenvalue weighted by Crippen LogP contribution is 2.27. The van der Waals surface area contributed by atoms with Crippen molar-refractivity contribution in [2.45, 2.75) is 64.1 Å². The number of hydrogen-bond acceptors (Lipinski definition) is 6. The van der Waals surface area contributed by atoms with Crippen LogP contribution in [0.15, 0.2) is 77.7 Å². The molecule has 0 fully saturated rings. The number of halogens is 1. The van der Waals surface area contributed by atoms with Crippen LogP contribution in [0.4, 0.5) is 10.1 Å². The molecule has 9 nitrogen and oxygen atoms in total. The molecule has 0 aliphatic carbocycles. The van der Waals surface area contributed by atoms with E-state index in [1.807, 2.05) is 27.7 Å². The number of amides is 2. The molecule has 0 saturated heterocycles. The zero-order valence-corrected chi connectivity index (χ0v) is 26.3. The van der Waals surface area contributed by atoms with Gasteiger partial charge in [-0.1, -0.05) is 19.1 Å². The first kappa shape index (κ1) is 33.4. The zero-order chi connectivity index (χ0) is 31.8. The third-order valence-corrected chi connectivity index (χ3v) is 8.28. The molecule has 0 bridgehead atoms. The van der Waals surface area contributed by atoms with Gasteiger partial charge in [0.05, 0.1) is 24.3 Å². The van der Waals surface area contributed by atoms with Crippen LogP contribution in [0.2, 0.25) is 0 Å². The monoisotopic (exact) mass is 613 g/mol. The number of anilines is 1. The van der Waals surface area contributed by atoms with Gasteiger partial charge in [0.1, 0.15) is 29.9 Å². The number of ether oxygens (including phenoxy) is 2. The van der Waals surface area contributed by atoms with Gasteiger partial charge >= 0.3 is 0 Å². The lowest BCUT2D eigenvalue weighted by Gasteiger charge is -2.34. The van der Waals surface area contributed by atoms with Gasteiger partial charge in [-0.15, -0.1) is 0 Å². The first-order valence-electron chi connectivity index (χ1n) is 14.0. The van der Waals surface area contributed by atoms with Crippen LogP contribution in [0.25, 0.3) is 0 Å². The summed E-state index contributed by atoms with van der Waals surface area (Å²) in [5, 5.41) is 2.93. The molecule has 0 aromatic heterocycles. The highest BCUT2D eigenvalue weighted by molar-refractivity contribution is 7.92. The van der Waals surface area contributed by atoms with Gasteiger partial charge in [-0.25, -0.2) is 12.8 Å². The Morgan fingerprint density at radius 3 is 2.16 bits per heavy atom. The van der Waals surface area contributed by atoms with E-state index in [1.54, 1.807) is 31.2 Å². The lowest BCUT2D eigenvalue weighted by atomic mass is 10.1. The highest BCUT2D eigenvalue weighted by Gasteiger charge is 2.34. The second-order valence-electron chi connectivity index (χ2n) is 10.9. The van der Waals surface area contributed by atoms with E-state index in [0.29, 0.717) is 23.7 Å². The molecule has 0 radical (unpaired) electrons. The summed E-state index contributed by atoms with van der Waals surface area (Å²) in [7, 11) is -2.78. The van der Waals surface area contributed by atoms with Gasteiger partial charge in [0.15, 0.2) is 0 Å². The molecule has 0 aliphatic rings. The summed E-state index contributed by atoms with van der Waals surface area (Å²) in [6.45, 7) is 8.91. The first-order chi connectivity index (χ1) is 20.3. The maximum Gasteiger partial charge on any atom is 0.264 e. The quantitative estimate of drug-likeness (QED) is 0.286. The molecule has 0 spiro atoms. The van der Waals surface area contributed by atoms with Crippen LogP contribution >= 0.6 is 0 Å². The van der Waals surface area contributed by atoms with Crippen LogP contribution in [-0.2, 0) is 26.2 Å². The Labute approximate surface area is 253 Å². The molecule has 232 valence electrons. The molecule has 43 heavy (non-hydrogen) atoms. The molecule has 1 atom stereocenters. The molecule has 3 aromatic rings. The SMILES string of the molecule is CCOc1ccc(S(=O)(=O)N(CC(=O)N(Cc2cccc(OC)c2)C(CC)C(=O)NC(C)(C)C)c2ccc(F)cc2)cc1. The average Bonchev–Trinajstić information content (AvgIpc) is 2.96. The Bertz CT molecular complexity index is 1490. The molecule has 0 aliphatic heterocycles. The highest BCUT2D eigenvalue weighted by atomic mass is 32.2. The maximum absolute atomic E-state index is 14.2. The number of nitrogens with zero attached hydrogens (tertiary/aromatic N) is 2. The van der Waals surface area contributed by atoms with Gasteiger partial charge in [0, 0.05) is 12.1 Å². The van der Waals surface area contributed by atoms with Crippen molar-refractivity contribution in [2.75, 3.05) is 24.6 Å². The van der Waals surface area contributed by atoms with Crippen LogP contribution in [0.3, 0.4) is 0 Å². The number of rotatable bonds is 13. The lowest BCUT2D eigenvalue weighted by molar-refractivity contribution is -0.141. The van der Waals surface area contributed by atoms with Gasteiger partial charge in [-0.2, -0.15) is 0 Å². The number of benzene rings is 3. The Hall–Kier alpha value is -4.12. The summed E-state index contributed by atoms with van der Waals surface area (Å²) in [5.41, 5.74) is 0.223. The van der Waals surface area contributed by atoms with Crippen molar-refractivity contribution in [3.8, 4) is 11.5 Å².